The van der Waals surface area contributed by atoms with Crippen molar-refractivity contribution < 1.29 is 9.18 Å². The van der Waals surface area contributed by atoms with E-state index in [-0.39, 0.29) is 17.5 Å². The van der Waals surface area contributed by atoms with Crippen LogP contribution in [-0.4, -0.2) is 28.8 Å². The van der Waals surface area contributed by atoms with Crippen LogP contribution >= 0.6 is 0 Å². The minimum Gasteiger partial charge on any atom is -0.340 e. The first-order valence-electron chi connectivity index (χ1n) is 9.39. The van der Waals surface area contributed by atoms with Crippen LogP contribution < -0.4 is 4.90 Å². The molecule has 2 heterocycles. The molecule has 2 aliphatic rings. The van der Waals surface area contributed by atoms with E-state index in [4.69, 9.17) is 4.98 Å². The van der Waals surface area contributed by atoms with E-state index in [1.54, 1.807) is 18.3 Å². The number of hydrogen-bond acceptors (Lipinski definition) is 4. The molecule has 1 fully saturated rings. The summed E-state index contributed by atoms with van der Waals surface area (Å²) in [6.07, 6.45) is 4.05. The highest BCUT2D eigenvalue weighted by Gasteiger charge is 2.30. The summed E-state index contributed by atoms with van der Waals surface area (Å²) >= 11 is 0. The molecule has 0 bridgehead atoms. The van der Waals surface area contributed by atoms with Gasteiger partial charge < -0.3 is 4.90 Å². The minimum atomic E-state index is -0.255. The molecule has 5 heteroatoms. The zero-order chi connectivity index (χ0) is 18.3. The maximum absolute atomic E-state index is 13.2. The Balaban J connectivity index is 1.61. The number of carbonyl (C=O) groups is 1. The number of aromatic nitrogens is 2. The third-order valence-corrected chi connectivity index (χ3v) is 5.52. The van der Waals surface area contributed by atoms with Gasteiger partial charge in [-0.05, 0) is 48.3 Å². The predicted octanol–water partition coefficient (Wildman–Crippen LogP) is 4.01. The fourth-order valence-electron chi connectivity index (χ4n) is 4.38. The molecule has 0 unspecified atom stereocenters. The fraction of sp³-hybridized carbons (Fsp3) is 0.476. The van der Waals surface area contributed by atoms with E-state index in [9.17, 15) is 9.18 Å². The molecule has 0 radical (unpaired) electrons. The van der Waals surface area contributed by atoms with Crippen LogP contribution in [0.4, 0.5) is 10.3 Å². The van der Waals surface area contributed by atoms with Crippen molar-refractivity contribution in [3.05, 3.63) is 53.1 Å². The summed E-state index contributed by atoms with van der Waals surface area (Å²) in [4.78, 5) is 24.1. The normalized spacial score (nSPS) is 25.9. The summed E-state index contributed by atoms with van der Waals surface area (Å²) in [5, 5.41) is 0. The maximum atomic E-state index is 13.2. The lowest BCUT2D eigenvalue weighted by Gasteiger charge is -2.35. The number of Topliss-reactive ketones (excluding diaryl/α,β-unsaturated/α-hetero) is 1. The monoisotopic (exact) mass is 353 g/mol. The fourth-order valence-corrected chi connectivity index (χ4v) is 4.38. The van der Waals surface area contributed by atoms with Gasteiger partial charge in [-0.25, -0.2) is 14.4 Å². The van der Waals surface area contributed by atoms with Crippen LogP contribution in [0.25, 0.3) is 0 Å². The van der Waals surface area contributed by atoms with Gasteiger partial charge in [0.25, 0.3) is 0 Å². The van der Waals surface area contributed by atoms with E-state index in [2.05, 4.69) is 23.7 Å². The molecule has 1 aliphatic carbocycles. The number of piperidine rings is 1. The van der Waals surface area contributed by atoms with Crippen molar-refractivity contribution in [2.45, 2.75) is 39.0 Å². The standard InChI is InChI=1S/C21H24FN3O/c1-13-7-14(2)12-25(11-13)21-23-10-18-19(24-21)8-16(9-20(18)26)15-3-5-17(22)6-4-15/h3-6,10,13-14,16H,7-9,11-12H2,1-2H3/t13-,14-,16+/m0/s1. The first-order chi connectivity index (χ1) is 12.5. The number of rotatable bonds is 2. The van der Waals surface area contributed by atoms with E-state index in [0.717, 1.165) is 30.3 Å². The quantitative estimate of drug-likeness (QED) is 0.818. The Morgan fingerprint density at radius 3 is 2.46 bits per heavy atom. The Labute approximate surface area is 153 Å². The average molecular weight is 353 g/mol. The predicted molar refractivity (Wildman–Crippen MR) is 99.0 cm³/mol. The molecule has 1 saturated heterocycles. The van der Waals surface area contributed by atoms with Crippen LogP contribution in [0.15, 0.2) is 30.5 Å². The van der Waals surface area contributed by atoms with Crippen LogP contribution in [0.1, 0.15) is 54.2 Å². The van der Waals surface area contributed by atoms with Crippen LogP contribution in [0.2, 0.25) is 0 Å². The molecule has 1 aromatic carbocycles. The van der Waals surface area contributed by atoms with Gasteiger partial charge in [-0.3, -0.25) is 4.79 Å². The van der Waals surface area contributed by atoms with E-state index in [0.29, 0.717) is 30.2 Å². The van der Waals surface area contributed by atoms with E-state index in [1.807, 2.05) is 0 Å². The lowest BCUT2D eigenvalue weighted by atomic mass is 9.82. The summed E-state index contributed by atoms with van der Waals surface area (Å²) in [5.41, 5.74) is 2.46. The largest absolute Gasteiger partial charge is 0.340 e. The number of carbonyl (C=O) groups excluding carboxylic acids is 1. The smallest absolute Gasteiger partial charge is 0.225 e. The molecule has 4 nitrogen and oxygen atoms in total. The lowest BCUT2D eigenvalue weighted by molar-refractivity contribution is 0.0962. The van der Waals surface area contributed by atoms with Crippen molar-refractivity contribution >= 4 is 11.7 Å². The van der Waals surface area contributed by atoms with Crippen molar-refractivity contribution in [3.8, 4) is 0 Å². The molecule has 4 rings (SSSR count). The Morgan fingerprint density at radius 1 is 1.08 bits per heavy atom. The molecular weight excluding hydrogens is 329 g/mol. The second-order valence-electron chi connectivity index (χ2n) is 7.96. The van der Waals surface area contributed by atoms with Gasteiger partial charge in [-0.2, -0.15) is 0 Å². The van der Waals surface area contributed by atoms with Gasteiger partial charge in [0.15, 0.2) is 5.78 Å². The lowest BCUT2D eigenvalue weighted by Crippen LogP contribution is -2.40. The van der Waals surface area contributed by atoms with Crippen LogP contribution in [-0.2, 0) is 6.42 Å². The van der Waals surface area contributed by atoms with E-state index in [1.165, 1.54) is 18.6 Å². The summed E-state index contributed by atoms with van der Waals surface area (Å²) in [5.74, 6) is 1.84. The second-order valence-corrected chi connectivity index (χ2v) is 7.96. The van der Waals surface area contributed by atoms with E-state index < -0.39 is 0 Å². The number of nitrogens with zero attached hydrogens (tertiary/aromatic N) is 3. The first-order valence-corrected chi connectivity index (χ1v) is 9.39. The summed E-state index contributed by atoms with van der Waals surface area (Å²) < 4.78 is 13.2. The third-order valence-electron chi connectivity index (χ3n) is 5.52. The van der Waals surface area contributed by atoms with Crippen molar-refractivity contribution in [1.82, 2.24) is 9.97 Å². The average Bonchev–Trinajstić information content (AvgIpc) is 2.61. The van der Waals surface area contributed by atoms with Gasteiger partial charge in [-0.15, -0.1) is 0 Å². The highest BCUT2D eigenvalue weighted by atomic mass is 19.1. The van der Waals surface area contributed by atoms with Gasteiger partial charge in [0.05, 0.1) is 11.3 Å². The molecule has 136 valence electrons. The Hall–Kier alpha value is -2.30. The molecule has 2 aromatic rings. The zero-order valence-corrected chi connectivity index (χ0v) is 15.3. The highest BCUT2D eigenvalue weighted by Crippen LogP contribution is 2.33. The number of anilines is 1. The summed E-state index contributed by atoms with van der Waals surface area (Å²) in [6, 6.07) is 6.46. The Kier molecular flexibility index (Phi) is 4.47. The van der Waals surface area contributed by atoms with Crippen LogP contribution in [0, 0.1) is 17.7 Å². The van der Waals surface area contributed by atoms with Crippen molar-refractivity contribution in [2.75, 3.05) is 18.0 Å². The van der Waals surface area contributed by atoms with Crippen LogP contribution in [0.5, 0.6) is 0 Å². The summed E-state index contributed by atoms with van der Waals surface area (Å²) in [7, 11) is 0. The number of hydrogen-bond donors (Lipinski definition) is 0. The number of benzene rings is 1. The zero-order valence-electron chi connectivity index (χ0n) is 15.3. The van der Waals surface area contributed by atoms with Crippen molar-refractivity contribution in [1.29, 1.82) is 0 Å². The maximum Gasteiger partial charge on any atom is 0.225 e. The van der Waals surface area contributed by atoms with Crippen molar-refractivity contribution in [2.24, 2.45) is 11.8 Å². The van der Waals surface area contributed by atoms with Crippen LogP contribution in [0.3, 0.4) is 0 Å². The molecule has 3 atom stereocenters. The number of fused-ring (bicyclic) bond motifs is 1. The number of ketones is 1. The Bertz CT molecular complexity index is 811. The molecule has 26 heavy (non-hydrogen) atoms. The highest BCUT2D eigenvalue weighted by molar-refractivity contribution is 5.98. The van der Waals surface area contributed by atoms with Gasteiger partial charge in [0, 0.05) is 25.7 Å². The molecule has 0 saturated carbocycles. The second kappa shape index (κ2) is 6.78. The van der Waals surface area contributed by atoms with E-state index >= 15 is 0 Å². The Morgan fingerprint density at radius 2 is 1.77 bits per heavy atom. The third kappa shape index (κ3) is 3.35. The van der Waals surface area contributed by atoms with Gasteiger partial charge in [-0.1, -0.05) is 26.0 Å². The van der Waals surface area contributed by atoms with Gasteiger partial charge in [0.1, 0.15) is 5.82 Å². The summed E-state index contributed by atoms with van der Waals surface area (Å²) in [6.45, 7) is 6.43. The molecule has 1 aromatic heterocycles. The SMILES string of the molecule is C[C@H]1C[C@H](C)CN(c2ncc3c(n2)C[C@@H](c2ccc(F)cc2)CC3=O)C1. The topological polar surface area (TPSA) is 46.1 Å². The molecule has 1 aliphatic heterocycles. The molecule has 0 spiro atoms. The number of halogens is 1. The molecular formula is C21H24FN3O. The molecule has 0 N–H and O–H groups in total. The van der Waals surface area contributed by atoms with Gasteiger partial charge in [0.2, 0.25) is 5.95 Å². The first kappa shape index (κ1) is 17.1. The van der Waals surface area contributed by atoms with Crippen molar-refractivity contribution in [3.63, 3.8) is 0 Å². The molecule has 0 amide bonds. The minimum absolute atomic E-state index is 0.0533. The van der Waals surface area contributed by atoms with Gasteiger partial charge >= 0.3 is 0 Å².